The highest BCUT2D eigenvalue weighted by Crippen LogP contribution is 2.71. The van der Waals surface area contributed by atoms with Crippen LogP contribution in [0.15, 0.2) is 0 Å². The lowest BCUT2D eigenvalue weighted by Gasteiger charge is -2.67. The Morgan fingerprint density at radius 2 is 1.75 bits per heavy atom. The minimum atomic E-state index is -3.93. The van der Waals surface area contributed by atoms with Crippen LogP contribution in [-0.2, 0) is 18.8 Å². The molecule has 1 saturated heterocycles. The third-order valence-corrected chi connectivity index (χ3v) is 10.9. The van der Waals surface area contributed by atoms with Crippen LogP contribution in [0.5, 0.6) is 0 Å². The highest BCUT2D eigenvalue weighted by atomic mass is 32.3. The van der Waals surface area contributed by atoms with E-state index in [0.29, 0.717) is 30.1 Å². The summed E-state index contributed by atoms with van der Waals surface area (Å²) in [6, 6.07) is 0. The Bertz CT molecular complexity index is 753. The van der Waals surface area contributed by atoms with E-state index in [1.165, 1.54) is 0 Å². The summed E-state index contributed by atoms with van der Waals surface area (Å²) in [7, 11) is -3.93. The van der Waals surface area contributed by atoms with Crippen molar-refractivity contribution in [1.82, 2.24) is 0 Å². The van der Waals surface area contributed by atoms with E-state index in [0.717, 1.165) is 38.5 Å². The molecule has 0 amide bonds. The van der Waals surface area contributed by atoms with Gasteiger partial charge in [0.1, 0.15) is 0 Å². The summed E-state index contributed by atoms with van der Waals surface area (Å²) in [5, 5.41) is 20.8. The van der Waals surface area contributed by atoms with E-state index in [-0.39, 0.29) is 23.9 Å². The first-order chi connectivity index (χ1) is 13.0. The molecule has 5 fully saturated rings. The van der Waals surface area contributed by atoms with Gasteiger partial charge in [0, 0.05) is 11.8 Å². The molecule has 4 aliphatic carbocycles. The van der Waals surface area contributed by atoms with Crippen molar-refractivity contribution in [2.45, 2.75) is 90.1 Å². The van der Waals surface area contributed by atoms with Crippen LogP contribution in [-0.4, -0.2) is 36.6 Å². The molecule has 6 nitrogen and oxygen atoms in total. The van der Waals surface area contributed by atoms with Gasteiger partial charge in [-0.3, -0.25) is 0 Å². The maximum atomic E-state index is 11.8. The van der Waals surface area contributed by atoms with Crippen LogP contribution in [0, 0.1) is 40.4 Å². The SMILES string of the molecule is CC(O)[C@H]1CC[C@H]2[C@@H]3CC[C@H]4CC(O)CC5(OS(=O)(=O)O5)[C@]4(C)[C@H]3CC[C@]12C. The lowest BCUT2D eigenvalue weighted by Crippen LogP contribution is -2.71. The van der Waals surface area contributed by atoms with Crippen molar-refractivity contribution in [2.75, 3.05) is 0 Å². The molecule has 2 N–H and O–H groups in total. The van der Waals surface area contributed by atoms with E-state index in [1.807, 2.05) is 6.92 Å². The van der Waals surface area contributed by atoms with Crippen molar-refractivity contribution in [3.8, 4) is 0 Å². The van der Waals surface area contributed by atoms with Crippen LogP contribution < -0.4 is 0 Å². The zero-order valence-electron chi connectivity index (χ0n) is 17.1. The van der Waals surface area contributed by atoms with Gasteiger partial charge in [0.25, 0.3) is 0 Å². The average molecular weight is 415 g/mol. The lowest BCUT2D eigenvalue weighted by molar-refractivity contribution is -0.336. The van der Waals surface area contributed by atoms with Gasteiger partial charge in [-0.05, 0) is 86.9 Å². The van der Waals surface area contributed by atoms with Crippen LogP contribution in [0.2, 0.25) is 0 Å². The summed E-state index contributed by atoms with van der Waals surface area (Å²) in [6.45, 7) is 6.47. The molecule has 28 heavy (non-hydrogen) atoms. The molecule has 5 aliphatic rings. The monoisotopic (exact) mass is 414 g/mol. The Balaban J connectivity index is 1.51. The predicted octanol–water partition coefficient (Wildman–Crippen LogP) is 2.98. The second-order valence-electron chi connectivity index (χ2n) is 10.8. The molecule has 7 heteroatoms. The van der Waals surface area contributed by atoms with Crippen molar-refractivity contribution in [2.24, 2.45) is 40.4 Å². The molecular weight excluding hydrogens is 380 g/mol. The summed E-state index contributed by atoms with van der Waals surface area (Å²) in [5.41, 5.74) is -0.238. The second-order valence-corrected chi connectivity index (χ2v) is 12.0. The van der Waals surface area contributed by atoms with E-state index < -0.39 is 27.7 Å². The molecule has 0 aromatic carbocycles. The van der Waals surface area contributed by atoms with Crippen molar-refractivity contribution in [1.29, 1.82) is 0 Å². The third-order valence-electron chi connectivity index (χ3n) is 9.91. The van der Waals surface area contributed by atoms with Crippen molar-refractivity contribution >= 4 is 10.4 Å². The van der Waals surface area contributed by atoms with E-state index in [9.17, 15) is 18.6 Å². The lowest BCUT2D eigenvalue weighted by atomic mass is 9.43. The Morgan fingerprint density at radius 1 is 1.04 bits per heavy atom. The van der Waals surface area contributed by atoms with Gasteiger partial charge in [0.05, 0.1) is 12.2 Å². The zero-order valence-corrected chi connectivity index (χ0v) is 18.0. The van der Waals surface area contributed by atoms with Gasteiger partial charge >= 0.3 is 10.4 Å². The highest BCUT2D eigenvalue weighted by Gasteiger charge is 2.73. The van der Waals surface area contributed by atoms with Crippen LogP contribution in [0.4, 0.5) is 0 Å². The fourth-order valence-electron chi connectivity index (χ4n) is 8.75. The first kappa shape index (κ1) is 19.7. The summed E-state index contributed by atoms with van der Waals surface area (Å²) in [6.07, 6.45) is 6.47. The van der Waals surface area contributed by atoms with Gasteiger partial charge < -0.3 is 10.2 Å². The number of aliphatic hydroxyl groups is 2. The number of rotatable bonds is 1. The molecule has 0 aromatic rings. The second kappa shape index (κ2) is 5.94. The summed E-state index contributed by atoms with van der Waals surface area (Å²) < 4.78 is 34.7. The molecule has 5 rings (SSSR count). The van der Waals surface area contributed by atoms with Gasteiger partial charge in [-0.25, -0.2) is 8.37 Å². The molecule has 9 atom stereocenters. The molecule has 0 radical (unpaired) electrons. The topological polar surface area (TPSA) is 93.1 Å². The zero-order chi connectivity index (χ0) is 20.1. The van der Waals surface area contributed by atoms with E-state index >= 15 is 0 Å². The quantitative estimate of drug-likeness (QED) is 0.685. The van der Waals surface area contributed by atoms with Gasteiger partial charge in [-0.15, -0.1) is 0 Å². The summed E-state index contributed by atoms with van der Waals surface area (Å²) in [5.74, 6) is 0.762. The Labute approximate surface area is 168 Å². The van der Waals surface area contributed by atoms with Gasteiger partial charge in [-0.2, -0.15) is 8.42 Å². The number of aliphatic hydroxyl groups excluding tert-OH is 2. The highest BCUT2D eigenvalue weighted by molar-refractivity contribution is 7.82. The maximum Gasteiger partial charge on any atom is 0.405 e. The summed E-state index contributed by atoms with van der Waals surface area (Å²) >= 11 is 0. The van der Waals surface area contributed by atoms with E-state index in [2.05, 4.69) is 13.8 Å². The first-order valence-corrected chi connectivity index (χ1v) is 12.4. The predicted molar refractivity (Wildman–Crippen MR) is 102 cm³/mol. The molecule has 1 aliphatic heterocycles. The molecule has 4 saturated carbocycles. The largest absolute Gasteiger partial charge is 0.405 e. The van der Waals surface area contributed by atoms with Crippen LogP contribution in [0.3, 0.4) is 0 Å². The number of hydrogen-bond acceptors (Lipinski definition) is 6. The maximum absolute atomic E-state index is 11.8. The third kappa shape index (κ3) is 2.37. The number of hydrogen-bond donors (Lipinski definition) is 2. The van der Waals surface area contributed by atoms with Crippen molar-refractivity contribution in [3.05, 3.63) is 0 Å². The Kier molecular flexibility index (Phi) is 4.18. The smallest absolute Gasteiger partial charge is 0.393 e. The van der Waals surface area contributed by atoms with E-state index in [4.69, 9.17) is 8.37 Å². The summed E-state index contributed by atoms with van der Waals surface area (Å²) in [4.78, 5) is 0. The molecule has 0 aromatic heterocycles. The minimum absolute atomic E-state index is 0.160. The van der Waals surface area contributed by atoms with Gasteiger partial charge in [-0.1, -0.05) is 13.8 Å². The van der Waals surface area contributed by atoms with Gasteiger partial charge in [0.2, 0.25) is 5.79 Å². The fraction of sp³-hybridized carbons (Fsp3) is 1.00. The molecule has 1 spiro atoms. The Hall–Kier alpha value is -0.210. The molecular formula is C21H34O6S. The number of fused-ring (bicyclic) bond motifs is 6. The molecule has 1 heterocycles. The molecule has 2 unspecified atom stereocenters. The van der Waals surface area contributed by atoms with Crippen molar-refractivity contribution < 1.29 is 27.0 Å². The average Bonchev–Trinajstić information content (AvgIpc) is 2.92. The van der Waals surface area contributed by atoms with Crippen LogP contribution in [0.1, 0.15) is 72.1 Å². The molecule has 160 valence electrons. The molecule has 0 bridgehead atoms. The van der Waals surface area contributed by atoms with Crippen molar-refractivity contribution in [3.63, 3.8) is 0 Å². The fourth-order valence-corrected chi connectivity index (χ4v) is 9.91. The van der Waals surface area contributed by atoms with E-state index in [1.54, 1.807) is 0 Å². The minimum Gasteiger partial charge on any atom is -0.393 e. The van der Waals surface area contributed by atoms with Crippen LogP contribution >= 0.6 is 0 Å². The normalized spacial score (nSPS) is 54.9. The Morgan fingerprint density at radius 3 is 2.39 bits per heavy atom. The standard InChI is InChI=1S/C21H34O6S/c1-12(22)16-6-7-17-15-5-4-13-10-14(23)11-21(26-28(24,25)27-21)20(13,3)18(15)8-9-19(16,17)2/h12-18,22-23H,4-11H2,1-3H3/t12?,13-,14?,15-,16+,17-,18-,19+,20-/m0/s1. The van der Waals surface area contributed by atoms with Gasteiger partial charge in [0.15, 0.2) is 0 Å². The first-order valence-electron chi connectivity index (χ1n) is 11.0. The van der Waals surface area contributed by atoms with Crippen LogP contribution in [0.25, 0.3) is 0 Å².